The summed E-state index contributed by atoms with van der Waals surface area (Å²) in [6.07, 6.45) is 0. The molecule has 0 aliphatic carbocycles. The van der Waals surface area contributed by atoms with Crippen LogP contribution in [0.3, 0.4) is 0 Å². The summed E-state index contributed by atoms with van der Waals surface area (Å²) in [5, 5.41) is 4.48. The summed E-state index contributed by atoms with van der Waals surface area (Å²) in [5.41, 5.74) is 7.16. The van der Waals surface area contributed by atoms with Gasteiger partial charge in [0.15, 0.2) is 0 Å². The van der Waals surface area contributed by atoms with Crippen LogP contribution < -0.4 is 11.1 Å². The zero-order valence-corrected chi connectivity index (χ0v) is 11.9. The SMILES string of the molecule is NCC(Nc1cc(F)cc(Cl)c1)c1cc2ccccc2o1. The second-order valence-corrected chi connectivity index (χ2v) is 5.21. The van der Waals surface area contributed by atoms with Crippen LogP contribution in [-0.4, -0.2) is 6.54 Å². The first-order chi connectivity index (χ1) is 10.2. The van der Waals surface area contributed by atoms with Gasteiger partial charge in [-0.15, -0.1) is 0 Å². The van der Waals surface area contributed by atoms with Crippen LogP contribution in [0.25, 0.3) is 11.0 Å². The molecular formula is C16H14ClFN2O. The first kappa shape index (κ1) is 13.9. The first-order valence-electron chi connectivity index (χ1n) is 6.57. The number of para-hydroxylation sites is 1. The lowest BCUT2D eigenvalue weighted by molar-refractivity contribution is 0.514. The smallest absolute Gasteiger partial charge is 0.134 e. The molecule has 0 saturated carbocycles. The lowest BCUT2D eigenvalue weighted by Crippen LogP contribution is -2.20. The molecule has 108 valence electrons. The van der Waals surface area contributed by atoms with E-state index >= 15 is 0 Å². The van der Waals surface area contributed by atoms with Crippen molar-refractivity contribution in [3.05, 3.63) is 65.1 Å². The summed E-state index contributed by atoms with van der Waals surface area (Å²) >= 11 is 5.85. The molecule has 3 N–H and O–H groups in total. The molecule has 21 heavy (non-hydrogen) atoms. The van der Waals surface area contributed by atoms with Crippen molar-refractivity contribution in [1.82, 2.24) is 0 Å². The maximum absolute atomic E-state index is 13.4. The Hall–Kier alpha value is -2.04. The Morgan fingerprint density at radius 2 is 2.00 bits per heavy atom. The highest BCUT2D eigenvalue weighted by atomic mass is 35.5. The Balaban J connectivity index is 1.90. The number of hydrogen-bond acceptors (Lipinski definition) is 3. The molecule has 0 saturated heterocycles. The molecule has 2 aromatic carbocycles. The van der Waals surface area contributed by atoms with Crippen LogP contribution in [0, 0.1) is 5.82 Å². The number of rotatable bonds is 4. The summed E-state index contributed by atoms with van der Waals surface area (Å²) in [6.45, 7) is 0.313. The Bertz CT molecular complexity index is 719. The fourth-order valence-corrected chi connectivity index (χ4v) is 2.48. The second-order valence-electron chi connectivity index (χ2n) is 4.78. The normalized spacial score (nSPS) is 12.5. The number of anilines is 1. The van der Waals surface area contributed by atoms with Crippen LogP contribution in [0.4, 0.5) is 10.1 Å². The monoisotopic (exact) mass is 304 g/mol. The van der Waals surface area contributed by atoms with Crippen molar-refractivity contribution in [2.75, 3.05) is 11.9 Å². The first-order valence-corrected chi connectivity index (χ1v) is 6.94. The van der Waals surface area contributed by atoms with E-state index in [2.05, 4.69) is 5.32 Å². The molecule has 0 aliphatic rings. The lowest BCUT2D eigenvalue weighted by Gasteiger charge is -2.16. The van der Waals surface area contributed by atoms with Gasteiger partial charge >= 0.3 is 0 Å². The number of fused-ring (bicyclic) bond motifs is 1. The minimum atomic E-state index is -0.398. The molecule has 3 rings (SSSR count). The third kappa shape index (κ3) is 3.01. The molecule has 0 radical (unpaired) electrons. The molecule has 3 aromatic rings. The quantitative estimate of drug-likeness (QED) is 0.754. The highest BCUT2D eigenvalue weighted by molar-refractivity contribution is 6.30. The van der Waals surface area contributed by atoms with E-state index in [9.17, 15) is 4.39 Å². The van der Waals surface area contributed by atoms with E-state index in [1.807, 2.05) is 30.3 Å². The van der Waals surface area contributed by atoms with Gasteiger partial charge in [-0.3, -0.25) is 0 Å². The van der Waals surface area contributed by atoms with Gasteiger partial charge in [-0.25, -0.2) is 4.39 Å². The van der Waals surface area contributed by atoms with Gasteiger partial charge in [0.1, 0.15) is 17.2 Å². The second kappa shape index (κ2) is 5.76. The average Bonchev–Trinajstić information content (AvgIpc) is 2.87. The number of benzene rings is 2. The minimum Gasteiger partial charge on any atom is -0.459 e. The summed E-state index contributed by atoms with van der Waals surface area (Å²) in [4.78, 5) is 0. The molecule has 0 aliphatic heterocycles. The topological polar surface area (TPSA) is 51.2 Å². The molecule has 3 nitrogen and oxygen atoms in total. The van der Waals surface area contributed by atoms with Gasteiger partial charge < -0.3 is 15.5 Å². The van der Waals surface area contributed by atoms with E-state index in [0.29, 0.717) is 23.0 Å². The molecule has 1 heterocycles. The third-order valence-electron chi connectivity index (χ3n) is 3.23. The number of hydrogen-bond donors (Lipinski definition) is 2. The van der Waals surface area contributed by atoms with Crippen molar-refractivity contribution in [1.29, 1.82) is 0 Å². The highest BCUT2D eigenvalue weighted by Crippen LogP contribution is 2.27. The van der Waals surface area contributed by atoms with E-state index in [-0.39, 0.29) is 6.04 Å². The predicted molar refractivity (Wildman–Crippen MR) is 83.0 cm³/mol. The Morgan fingerprint density at radius 1 is 1.19 bits per heavy atom. The molecule has 0 bridgehead atoms. The molecular weight excluding hydrogens is 291 g/mol. The Morgan fingerprint density at radius 3 is 2.71 bits per heavy atom. The summed E-state index contributed by atoms with van der Waals surface area (Å²) in [5.74, 6) is 0.310. The molecule has 1 aromatic heterocycles. The summed E-state index contributed by atoms with van der Waals surface area (Å²) < 4.78 is 19.2. The van der Waals surface area contributed by atoms with E-state index in [1.165, 1.54) is 12.1 Å². The van der Waals surface area contributed by atoms with E-state index in [4.69, 9.17) is 21.8 Å². The van der Waals surface area contributed by atoms with E-state index < -0.39 is 5.82 Å². The van der Waals surface area contributed by atoms with Crippen LogP contribution in [0.1, 0.15) is 11.8 Å². The summed E-state index contributed by atoms with van der Waals surface area (Å²) in [6, 6.07) is 13.7. The van der Waals surface area contributed by atoms with Gasteiger partial charge in [0.25, 0.3) is 0 Å². The average molecular weight is 305 g/mol. The van der Waals surface area contributed by atoms with Crippen molar-refractivity contribution in [3.63, 3.8) is 0 Å². The van der Waals surface area contributed by atoms with Crippen molar-refractivity contribution in [2.24, 2.45) is 5.73 Å². The molecule has 0 spiro atoms. The van der Waals surface area contributed by atoms with Crippen molar-refractivity contribution in [2.45, 2.75) is 6.04 Å². The molecule has 5 heteroatoms. The van der Waals surface area contributed by atoms with Crippen LogP contribution in [0.5, 0.6) is 0 Å². The van der Waals surface area contributed by atoms with Gasteiger partial charge in [0.2, 0.25) is 0 Å². The number of halogens is 2. The Kier molecular flexibility index (Phi) is 3.82. The number of furan rings is 1. The fourth-order valence-electron chi connectivity index (χ4n) is 2.26. The van der Waals surface area contributed by atoms with Crippen LogP contribution >= 0.6 is 11.6 Å². The van der Waals surface area contributed by atoms with Gasteiger partial charge in [-0.1, -0.05) is 29.8 Å². The summed E-state index contributed by atoms with van der Waals surface area (Å²) in [7, 11) is 0. The molecule has 1 unspecified atom stereocenters. The molecule has 0 amide bonds. The molecule has 0 fully saturated rings. The third-order valence-corrected chi connectivity index (χ3v) is 3.45. The molecule has 1 atom stereocenters. The largest absolute Gasteiger partial charge is 0.459 e. The fraction of sp³-hybridized carbons (Fsp3) is 0.125. The van der Waals surface area contributed by atoms with E-state index in [0.717, 1.165) is 11.0 Å². The Labute approximate surface area is 126 Å². The van der Waals surface area contributed by atoms with Gasteiger partial charge in [0.05, 0.1) is 6.04 Å². The standard InChI is InChI=1S/C16H14ClFN2O/c17-11-6-12(18)8-13(7-11)20-14(9-19)16-5-10-3-1-2-4-15(10)21-16/h1-8,14,20H,9,19H2. The zero-order valence-electron chi connectivity index (χ0n) is 11.1. The van der Waals surface area contributed by atoms with Crippen molar-refractivity contribution >= 4 is 28.3 Å². The highest BCUT2D eigenvalue weighted by Gasteiger charge is 2.15. The number of nitrogens with one attached hydrogen (secondary N) is 1. The zero-order chi connectivity index (χ0) is 14.8. The van der Waals surface area contributed by atoms with Gasteiger partial charge in [-0.2, -0.15) is 0 Å². The van der Waals surface area contributed by atoms with Crippen molar-refractivity contribution in [3.8, 4) is 0 Å². The van der Waals surface area contributed by atoms with Crippen LogP contribution in [0.15, 0.2) is 52.9 Å². The van der Waals surface area contributed by atoms with Crippen LogP contribution in [0.2, 0.25) is 5.02 Å². The van der Waals surface area contributed by atoms with Gasteiger partial charge in [0, 0.05) is 22.6 Å². The maximum Gasteiger partial charge on any atom is 0.134 e. The van der Waals surface area contributed by atoms with Crippen molar-refractivity contribution < 1.29 is 8.81 Å². The van der Waals surface area contributed by atoms with Crippen LogP contribution in [-0.2, 0) is 0 Å². The maximum atomic E-state index is 13.4. The minimum absolute atomic E-state index is 0.254. The predicted octanol–water partition coefficient (Wildman–Crippen LogP) is 4.34. The lowest BCUT2D eigenvalue weighted by atomic mass is 10.2. The van der Waals surface area contributed by atoms with E-state index in [1.54, 1.807) is 6.07 Å². The number of nitrogens with two attached hydrogens (primary N) is 1. The van der Waals surface area contributed by atoms with Gasteiger partial charge in [-0.05, 0) is 30.3 Å².